The molecule has 1 unspecified atom stereocenters. The van der Waals surface area contributed by atoms with E-state index in [1.807, 2.05) is 13.8 Å². The molecule has 1 spiro atoms. The van der Waals surface area contributed by atoms with E-state index in [4.69, 9.17) is 18.9 Å². The van der Waals surface area contributed by atoms with Crippen molar-refractivity contribution in [1.82, 2.24) is 10.6 Å². The van der Waals surface area contributed by atoms with Gasteiger partial charge in [-0.2, -0.15) is 0 Å². The molecule has 7 atom stereocenters. The van der Waals surface area contributed by atoms with E-state index in [1.165, 1.54) is 5.57 Å². The van der Waals surface area contributed by atoms with E-state index in [0.717, 1.165) is 12.8 Å². The molecular formula is C22H36N2O6. The van der Waals surface area contributed by atoms with Crippen molar-refractivity contribution in [2.45, 2.75) is 89.6 Å². The maximum Gasteiger partial charge on any atom is 0.409 e. The molecule has 8 nitrogen and oxygen atoms in total. The molecule has 2 amide bonds. The van der Waals surface area contributed by atoms with Gasteiger partial charge in [-0.25, -0.2) is 4.79 Å². The van der Waals surface area contributed by atoms with Crippen molar-refractivity contribution in [3.8, 4) is 0 Å². The van der Waals surface area contributed by atoms with Gasteiger partial charge < -0.3 is 29.6 Å². The van der Waals surface area contributed by atoms with Crippen molar-refractivity contribution in [3.05, 3.63) is 11.6 Å². The van der Waals surface area contributed by atoms with Crippen LogP contribution in [-0.2, 0) is 23.7 Å². The summed E-state index contributed by atoms with van der Waals surface area (Å²) in [5.41, 5.74) is 0.630. The second-order valence-corrected chi connectivity index (χ2v) is 9.47. The number of hydrogen-bond donors (Lipinski definition) is 2. The highest BCUT2D eigenvalue weighted by atomic mass is 16.6. The molecule has 2 aliphatic heterocycles. The lowest BCUT2D eigenvalue weighted by Gasteiger charge is -2.42. The molecule has 0 aromatic heterocycles. The number of methoxy groups -OCH3 is 1. The monoisotopic (exact) mass is 424 g/mol. The van der Waals surface area contributed by atoms with Gasteiger partial charge in [-0.1, -0.05) is 25.5 Å². The molecule has 30 heavy (non-hydrogen) atoms. The zero-order valence-corrected chi connectivity index (χ0v) is 18.9. The largest absolute Gasteiger partial charge is 0.443 e. The van der Waals surface area contributed by atoms with Crippen LogP contribution < -0.4 is 10.6 Å². The summed E-state index contributed by atoms with van der Waals surface area (Å²) in [6, 6.07) is 0. The number of rotatable bonds is 9. The summed E-state index contributed by atoms with van der Waals surface area (Å²) in [5.74, 6) is 0.00364. The van der Waals surface area contributed by atoms with Gasteiger partial charge >= 0.3 is 6.09 Å². The summed E-state index contributed by atoms with van der Waals surface area (Å²) >= 11 is 0. The minimum absolute atomic E-state index is 0.0221. The molecule has 0 bridgehead atoms. The number of carbonyl (C=O) groups is 2. The van der Waals surface area contributed by atoms with Gasteiger partial charge in [0.2, 0.25) is 6.41 Å². The van der Waals surface area contributed by atoms with Gasteiger partial charge in [0.25, 0.3) is 0 Å². The fourth-order valence-corrected chi connectivity index (χ4v) is 4.84. The first-order valence-electron chi connectivity index (χ1n) is 10.8. The molecule has 0 aromatic carbocycles. The van der Waals surface area contributed by atoms with E-state index in [1.54, 1.807) is 7.11 Å². The SMILES string of the molecule is CO[C@H]1C([C@@]2(C)O[C@@H]2CC=C(C)C)[C@]2(CC[C@H]1OC(=O)N[C@@H](NC=O)C(C)C)CO2. The highest BCUT2D eigenvalue weighted by Crippen LogP contribution is 2.59. The Morgan fingerprint density at radius 2 is 2.03 bits per heavy atom. The maximum absolute atomic E-state index is 12.5. The van der Waals surface area contributed by atoms with Crippen molar-refractivity contribution < 1.29 is 28.5 Å². The minimum atomic E-state index is -0.565. The van der Waals surface area contributed by atoms with Crippen LogP contribution in [0.1, 0.15) is 53.9 Å². The summed E-state index contributed by atoms with van der Waals surface area (Å²) < 4.78 is 23.8. The quantitative estimate of drug-likeness (QED) is 0.255. The van der Waals surface area contributed by atoms with Gasteiger partial charge in [0.05, 0.1) is 18.6 Å². The highest BCUT2D eigenvalue weighted by molar-refractivity contribution is 5.68. The zero-order chi connectivity index (χ0) is 22.1. The van der Waals surface area contributed by atoms with Crippen molar-refractivity contribution in [2.75, 3.05) is 13.7 Å². The van der Waals surface area contributed by atoms with Gasteiger partial charge in [-0.05, 0) is 46.0 Å². The highest BCUT2D eigenvalue weighted by Gasteiger charge is 2.72. The number of carbonyl (C=O) groups excluding carboxylic acids is 2. The Bertz CT molecular complexity index is 673. The van der Waals surface area contributed by atoms with Crippen molar-refractivity contribution in [1.29, 1.82) is 0 Å². The first-order chi connectivity index (χ1) is 14.2. The van der Waals surface area contributed by atoms with E-state index in [-0.39, 0.29) is 35.2 Å². The van der Waals surface area contributed by atoms with Crippen LogP contribution in [0, 0.1) is 11.8 Å². The molecule has 1 saturated carbocycles. The van der Waals surface area contributed by atoms with Crippen LogP contribution in [0.3, 0.4) is 0 Å². The van der Waals surface area contributed by atoms with Crippen molar-refractivity contribution in [2.24, 2.45) is 11.8 Å². The standard InChI is InChI=1S/C22H36N2O6/c1-13(2)7-8-16-21(5,30-16)18-17(27-6)15(9-10-22(18)11-28-22)29-20(26)24-19(14(3)4)23-12-25/h7,12,14-19H,8-11H2,1-6H3,(H,23,25)(H,24,26)/t15-,16-,17-,18?,19-,21+,22+/m1/s1. The maximum atomic E-state index is 12.5. The van der Waals surface area contributed by atoms with Crippen LogP contribution in [0.25, 0.3) is 0 Å². The summed E-state index contributed by atoms with van der Waals surface area (Å²) in [4.78, 5) is 23.3. The van der Waals surface area contributed by atoms with Crippen LogP contribution in [0.2, 0.25) is 0 Å². The number of nitrogens with one attached hydrogen (secondary N) is 2. The lowest BCUT2D eigenvalue weighted by Crippen LogP contribution is -2.57. The Morgan fingerprint density at radius 1 is 1.33 bits per heavy atom. The van der Waals surface area contributed by atoms with Crippen molar-refractivity contribution in [3.63, 3.8) is 0 Å². The lowest BCUT2D eigenvalue weighted by molar-refractivity contribution is -0.119. The minimum Gasteiger partial charge on any atom is -0.443 e. The molecular weight excluding hydrogens is 388 g/mol. The smallest absolute Gasteiger partial charge is 0.409 e. The molecule has 0 radical (unpaired) electrons. The number of allylic oxidation sites excluding steroid dienone is 1. The van der Waals surface area contributed by atoms with Crippen LogP contribution >= 0.6 is 0 Å². The zero-order valence-electron chi connectivity index (χ0n) is 18.9. The molecule has 3 aliphatic rings. The summed E-state index contributed by atoms with van der Waals surface area (Å²) in [7, 11) is 1.65. The van der Waals surface area contributed by atoms with Gasteiger partial charge in [0, 0.05) is 7.11 Å². The first-order valence-corrected chi connectivity index (χ1v) is 10.8. The van der Waals surface area contributed by atoms with Crippen LogP contribution in [0.15, 0.2) is 11.6 Å². The van der Waals surface area contributed by atoms with Crippen LogP contribution in [-0.4, -0.2) is 61.9 Å². The van der Waals surface area contributed by atoms with E-state index in [0.29, 0.717) is 19.4 Å². The third-order valence-corrected chi connectivity index (χ3v) is 6.68. The summed E-state index contributed by atoms with van der Waals surface area (Å²) in [6.07, 6.45) is 3.37. The van der Waals surface area contributed by atoms with E-state index < -0.39 is 18.4 Å². The first kappa shape index (κ1) is 23.0. The molecule has 3 rings (SSSR count). The average molecular weight is 425 g/mol. The van der Waals surface area contributed by atoms with Crippen LogP contribution in [0.4, 0.5) is 4.79 Å². The lowest BCUT2D eigenvalue weighted by atomic mass is 9.68. The predicted octanol–water partition coefficient (Wildman–Crippen LogP) is 2.52. The molecule has 0 aromatic rings. The Morgan fingerprint density at radius 3 is 2.57 bits per heavy atom. The molecule has 2 heterocycles. The molecule has 2 saturated heterocycles. The number of hydrogen-bond acceptors (Lipinski definition) is 6. The van der Waals surface area contributed by atoms with E-state index in [2.05, 4.69) is 37.5 Å². The summed E-state index contributed by atoms with van der Waals surface area (Å²) in [6.45, 7) is 10.8. The van der Waals surface area contributed by atoms with E-state index in [9.17, 15) is 9.59 Å². The van der Waals surface area contributed by atoms with Crippen LogP contribution in [0.5, 0.6) is 0 Å². The third kappa shape index (κ3) is 4.65. The van der Waals surface area contributed by atoms with Gasteiger partial charge in [0.15, 0.2) is 0 Å². The van der Waals surface area contributed by atoms with Gasteiger partial charge in [0.1, 0.15) is 29.6 Å². The topological polar surface area (TPSA) is 102 Å². The molecule has 8 heteroatoms. The number of epoxide rings is 2. The molecule has 3 fully saturated rings. The summed E-state index contributed by atoms with van der Waals surface area (Å²) in [5, 5.41) is 5.33. The Hall–Kier alpha value is -1.64. The Labute approximate surface area is 179 Å². The Balaban J connectivity index is 1.70. The average Bonchev–Trinajstić information content (AvgIpc) is 3.58. The molecule has 1 aliphatic carbocycles. The molecule has 170 valence electrons. The Kier molecular flexibility index (Phi) is 6.79. The van der Waals surface area contributed by atoms with E-state index >= 15 is 0 Å². The molecule has 2 N–H and O–H groups in total. The number of amides is 2. The van der Waals surface area contributed by atoms with Gasteiger partial charge in [-0.15, -0.1) is 0 Å². The second-order valence-electron chi connectivity index (χ2n) is 9.47. The normalized spacial score (nSPS) is 38.0. The number of alkyl carbamates (subject to hydrolysis) is 1. The van der Waals surface area contributed by atoms with Gasteiger partial charge in [-0.3, -0.25) is 4.79 Å². The fourth-order valence-electron chi connectivity index (χ4n) is 4.84. The number of ether oxygens (including phenoxy) is 4. The van der Waals surface area contributed by atoms with Crippen molar-refractivity contribution >= 4 is 12.5 Å². The fraction of sp³-hybridized carbons (Fsp3) is 0.818. The second kappa shape index (κ2) is 8.85. The third-order valence-electron chi connectivity index (χ3n) is 6.68. The predicted molar refractivity (Wildman–Crippen MR) is 111 cm³/mol.